The molecule has 20 heavy (non-hydrogen) atoms. The monoisotopic (exact) mass is 316 g/mol. The topological polar surface area (TPSA) is 35.5 Å². The van der Waals surface area contributed by atoms with E-state index in [-0.39, 0.29) is 11.0 Å². The van der Waals surface area contributed by atoms with Crippen molar-refractivity contribution in [3.63, 3.8) is 0 Å². The number of rotatable bonds is 4. The van der Waals surface area contributed by atoms with Crippen LogP contribution in [0, 0.1) is 0 Å². The molecule has 0 aromatic rings. The number of esters is 1. The van der Waals surface area contributed by atoms with Crippen LogP contribution in [-0.4, -0.2) is 26.6 Å². The number of carbonyl (C=O) groups is 1. The van der Waals surface area contributed by atoms with Gasteiger partial charge in [0.2, 0.25) is 8.32 Å². The summed E-state index contributed by atoms with van der Waals surface area (Å²) in [4.78, 5) is 12.8. The third-order valence-corrected chi connectivity index (χ3v) is 9.49. The predicted molar refractivity (Wildman–Crippen MR) is 88.3 cm³/mol. The second-order valence-electron chi connectivity index (χ2n) is 6.64. The van der Waals surface area contributed by atoms with Crippen LogP contribution in [0.15, 0.2) is 10.7 Å². The molecule has 5 heteroatoms. The Kier molecular flexibility index (Phi) is 6.19. The first-order valence-corrected chi connectivity index (χ1v) is 11.3. The molecule has 0 fully saturated rings. The van der Waals surface area contributed by atoms with Gasteiger partial charge in [0.15, 0.2) is 0 Å². The van der Waals surface area contributed by atoms with Crippen molar-refractivity contribution in [1.82, 2.24) is 0 Å². The van der Waals surface area contributed by atoms with E-state index in [1.165, 1.54) is 0 Å². The highest BCUT2D eigenvalue weighted by molar-refractivity contribution is 8.04. The van der Waals surface area contributed by atoms with Gasteiger partial charge in [-0.3, -0.25) is 0 Å². The smallest absolute Gasteiger partial charge is 0.348 e. The lowest BCUT2D eigenvalue weighted by atomic mass is 10.2. The number of allylic oxidation sites excluding steroid dienone is 1. The van der Waals surface area contributed by atoms with Crippen LogP contribution in [0.4, 0.5) is 0 Å². The molecule has 0 aromatic heterocycles. The minimum Gasteiger partial charge on any atom is -0.545 e. The van der Waals surface area contributed by atoms with Gasteiger partial charge in [-0.1, -0.05) is 20.8 Å². The molecule has 1 rings (SSSR count). The second-order valence-corrected chi connectivity index (χ2v) is 12.5. The number of carbonyl (C=O) groups excluding carboxylic acids is 1. The largest absolute Gasteiger partial charge is 0.545 e. The average Bonchev–Trinajstić information content (AvgIpc) is 2.52. The maximum Gasteiger partial charge on any atom is 0.348 e. The molecule has 0 N–H and O–H groups in total. The standard InChI is InChI=1S/C15H28O3SSi/c1-7-17-14(16)13-12(10-8-9-11-19-13)18-20(5,6)15(2,3)4/h7-11H2,1-6H3. The Morgan fingerprint density at radius 1 is 1.30 bits per heavy atom. The van der Waals surface area contributed by atoms with Crippen molar-refractivity contribution in [2.24, 2.45) is 0 Å². The van der Waals surface area contributed by atoms with Crippen molar-refractivity contribution in [3.05, 3.63) is 10.7 Å². The number of hydrogen-bond acceptors (Lipinski definition) is 4. The number of hydrogen-bond donors (Lipinski definition) is 0. The molecule has 0 radical (unpaired) electrons. The van der Waals surface area contributed by atoms with Gasteiger partial charge in [-0.15, -0.1) is 11.8 Å². The van der Waals surface area contributed by atoms with Crippen molar-refractivity contribution >= 4 is 26.0 Å². The number of thioether (sulfide) groups is 1. The van der Waals surface area contributed by atoms with E-state index in [4.69, 9.17) is 9.16 Å². The van der Waals surface area contributed by atoms with Crippen LogP contribution in [0.2, 0.25) is 18.1 Å². The van der Waals surface area contributed by atoms with Gasteiger partial charge in [-0.05, 0) is 43.7 Å². The highest BCUT2D eigenvalue weighted by Crippen LogP contribution is 2.41. The third-order valence-electron chi connectivity index (χ3n) is 3.94. The van der Waals surface area contributed by atoms with Crippen LogP contribution in [0.5, 0.6) is 0 Å². The summed E-state index contributed by atoms with van der Waals surface area (Å²) in [5.41, 5.74) is 0. The molecular formula is C15H28O3SSi. The highest BCUT2D eigenvalue weighted by Gasteiger charge is 2.40. The molecule has 0 bridgehead atoms. The molecule has 0 spiro atoms. The summed E-state index contributed by atoms with van der Waals surface area (Å²) in [6.07, 6.45) is 3.06. The summed E-state index contributed by atoms with van der Waals surface area (Å²) >= 11 is 1.59. The van der Waals surface area contributed by atoms with Crippen molar-refractivity contribution in [2.45, 2.75) is 65.1 Å². The normalized spacial score (nSPS) is 17.7. The third kappa shape index (κ3) is 4.55. The molecule has 0 amide bonds. The molecule has 0 saturated heterocycles. The Labute approximate surface area is 128 Å². The lowest BCUT2D eigenvalue weighted by Gasteiger charge is -2.37. The SMILES string of the molecule is CCOC(=O)C1=C(O[Si](C)(C)C(C)(C)C)CCCCS1. The lowest BCUT2D eigenvalue weighted by molar-refractivity contribution is -0.137. The summed E-state index contributed by atoms with van der Waals surface area (Å²) in [6, 6.07) is 0. The van der Waals surface area contributed by atoms with E-state index < -0.39 is 8.32 Å². The molecule has 1 aliphatic rings. The zero-order valence-corrected chi connectivity index (χ0v) is 15.5. The van der Waals surface area contributed by atoms with Gasteiger partial charge in [0.25, 0.3) is 0 Å². The Hall–Kier alpha value is -0.423. The van der Waals surface area contributed by atoms with Crippen molar-refractivity contribution < 1.29 is 14.0 Å². The molecule has 116 valence electrons. The zero-order valence-electron chi connectivity index (χ0n) is 13.7. The van der Waals surface area contributed by atoms with E-state index in [1.54, 1.807) is 11.8 Å². The Morgan fingerprint density at radius 3 is 2.50 bits per heavy atom. The molecular weight excluding hydrogens is 288 g/mol. The molecule has 0 aromatic carbocycles. The van der Waals surface area contributed by atoms with Crippen LogP contribution in [0.1, 0.15) is 47.0 Å². The fraction of sp³-hybridized carbons (Fsp3) is 0.800. The summed E-state index contributed by atoms with van der Waals surface area (Å²) in [5.74, 6) is 1.63. The Morgan fingerprint density at radius 2 is 1.95 bits per heavy atom. The van der Waals surface area contributed by atoms with E-state index in [9.17, 15) is 4.79 Å². The minimum atomic E-state index is -1.90. The fourth-order valence-electron chi connectivity index (χ4n) is 1.68. The maximum atomic E-state index is 12.1. The van der Waals surface area contributed by atoms with Gasteiger partial charge < -0.3 is 9.16 Å². The van der Waals surface area contributed by atoms with Crippen LogP contribution >= 0.6 is 11.8 Å². The van der Waals surface area contributed by atoms with E-state index in [0.29, 0.717) is 11.5 Å². The average molecular weight is 317 g/mol. The van der Waals surface area contributed by atoms with E-state index >= 15 is 0 Å². The molecule has 1 heterocycles. The fourth-order valence-corrected chi connectivity index (χ4v) is 3.92. The lowest BCUT2D eigenvalue weighted by Crippen LogP contribution is -2.40. The first-order chi connectivity index (χ1) is 9.19. The highest BCUT2D eigenvalue weighted by atomic mass is 32.2. The second kappa shape index (κ2) is 7.03. The summed E-state index contributed by atoms with van der Waals surface area (Å²) in [6.45, 7) is 13.3. The predicted octanol–water partition coefficient (Wildman–Crippen LogP) is 4.70. The van der Waals surface area contributed by atoms with Crippen LogP contribution in [0.3, 0.4) is 0 Å². The van der Waals surface area contributed by atoms with Crippen LogP contribution in [-0.2, 0) is 14.0 Å². The summed E-state index contributed by atoms with van der Waals surface area (Å²) < 4.78 is 11.6. The molecule has 0 saturated carbocycles. The van der Waals surface area contributed by atoms with Gasteiger partial charge in [-0.25, -0.2) is 4.79 Å². The van der Waals surface area contributed by atoms with Crippen LogP contribution < -0.4 is 0 Å². The van der Waals surface area contributed by atoms with Crippen LogP contribution in [0.25, 0.3) is 0 Å². The Balaban J connectivity index is 3.02. The molecule has 0 atom stereocenters. The van der Waals surface area contributed by atoms with Gasteiger partial charge in [-0.2, -0.15) is 0 Å². The molecule has 1 aliphatic heterocycles. The Bertz CT molecular complexity index is 383. The summed E-state index contributed by atoms with van der Waals surface area (Å²) in [7, 11) is -1.90. The van der Waals surface area contributed by atoms with Gasteiger partial charge in [0.1, 0.15) is 10.7 Å². The molecule has 3 nitrogen and oxygen atoms in total. The van der Waals surface area contributed by atoms with Gasteiger partial charge >= 0.3 is 5.97 Å². The van der Waals surface area contributed by atoms with Crippen molar-refractivity contribution in [3.8, 4) is 0 Å². The molecule has 0 aliphatic carbocycles. The quantitative estimate of drug-likeness (QED) is 0.556. The molecule has 0 unspecified atom stereocenters. The van der Waals surface area contributed by atoms with E-state index in [0.717, 1.165) is 30.8 Å². The minimum absolute atomic E-state index is 0.136. The van der Waals surface area contributed by atoms with E-state index in [2.05, 4.69) is 33.9 Å². The first kappa shape index (κ1) is 17.6. The van der Waals surface area contributed by atoms with Gasteiger partial charge in [0, 0.05) is 6.42 Å². The van der Waals surface area contributed by atoms with Crippen molar-refractivity contribution in [2.75, 3.05) is 12.4 Å². The summed E-state index contributed by atoms with van der Waals surface area (Å²) in [5, 5.41) is 0.136. The van der Waals surface area contributed by atoms with Gasteiger partial charge in [0.05, 0.1) is 6.61 Å². The first-order valence-electron chi connectivity index (χ1n) is 7.41. The van der Waals surface area contributed by atoms with Crippen molar-refractivity contribution in [1.29, 1.82) is 0 Å². The maximum absolute atomic E-state index is 12.1. The van der Waals surface area contributed by atoms with E-state index in [1.807, 2.05) is 6.92 Å². The number of ether oxygens (including phenoxy) is 1. The zero-order chi connectivity index (χ0) is 15.4.